The second-order valence-corrected chi connectivity index (χ2v) is 7.95. The maximum Gasteiger partial charge on any atom is 0.249 e. The van der Waals surface area contributed by atoms with Crippen LogP contribution >= 0.6 is 0 Å². The minimum atomic E-state index is -0.498. The summed E-state index contributed by atoms with van der Waals surface area (Å²) in [5.74, 6) is -0.926. The average Bonchev–Trinajstić information content (AvgIpc) is 2.79. The van der Waals surface area contributed by atoms with Gasteiger partial charge in [-0.1, -0.05) is 33.1 Å². The number of nitrogens with one attached hydrogen (secondary N) is 3. The highest BCUT2D eigenvalue weighted by Crippen LogP contribution is 2.24. The van der Waals surface area contributed by atoms with Gasteiger partial charge in [0.15, 0.2) is 0 Å². The predicted octanol–water partition coefficient (Wildman–Crippen LogP) is 2.76. The van der Waals surface area contributed by atoms with Gasteiger partial charge in [-0.2, -0.15) is 0 Å². The summed E-state index contributed by atoms with van der Waals surface area (Å²) in [5.41, 5.74) is 6.76. The molecule has 2 saturated heterocycles. The molecular formula is C23H38FN5O2. The van der Waals surface area contributed by atoms with Gasteiger partial charge < -0.3 is 21.3 Å². The molecule has 1 atom stereocenters. The Labute approximate surface area is 185 Å². The standard InChI is InChI=1S/C15H19FN4O2.C6H13N.C2H6/c16-11-9-10(18-12-2-4-14(21)19-15(12)22)1-3-13(11)20-7-5-17-6-8-20;7-6-4-2-1-3-5-6;1-2/h1,3,9,12,17-18H,2,4-8H2,(H,19,21,22);6H,1-5,7H2;1-2H3. The van der Waals surface area contributed by atoms with Crippen LogP contribution in [0.4, 0.5) is 15.8 Å². The van der Waals surface area contributed by atoms with Gasteiger partial charge in [-0.3, -0.25) is 14.9 Å². The van der Waals surface area contributed by atoms with Gasteiger partial charge in [-0.05, 0) is 37.5 Å². The number of piperidine rings is 1. The summed E-state index contributed by atoms with van der Waals surface area (Å²) in [6.45, 7) is 7.24. The number of nitrogens with two attached hydrogens (primary N) is 1. The Hall–Kier alpha value is -2.19. The van der Waals surface area contributed by atoms with Gasteiger partial charge in [0.25, 0.3) is 0 Å². The van der Waals surface area contributed by atoms with E-state index >= 15 is 0 Å². The fraction of sp³-hybridized carbons (Fsp3) is 0.652. The normalized spacial score (nSPS) is 21.8. The first-order chi connectivity index (χ1) is 15.0. The zero-order valence-corrected chi connectivity index (χ0v) is 18.9. The van der Waals surface area contributed by atoms with Crippen LogP contribution < -0.4 is 26.6 Å². The van der Waals surface area contributed by atoms with E-state index in [1.165, 1.54) is 38.2 Å². The number of carbonyl (C=O) groups excluding carboxylic acids is 2. The molecule has 1 saturated carbocycles. The number of piperazine rings is 1. The molecule has 0 aromatic heterocycles. The maximum absolute atomic E-state index is 14.3. The Morgan fingerprint density at radius 2 is 1.74 bits per heavy atom. The Morgan fingerprint density at radius 1 is 1.06 bits per heavy atom. The predicted molar refractivity (Wildman–Crippen MR) is 124 cm³/mol. The van der Waals surface area contributed by atoms with Crippen LogP contribution in [-0.4, -0.2) is 50.1 Å². The highest BCUT2D eigenvalue weighted by Gasteiger charge is 2.26. The molecule has 174 valence electrons. The molecule has 2 aliphatic heterocycles. The van der Waals surface area contributed by atoms with Crippen molar-refractivity contribution in [2.45, 2.75) is 70.9 Å². The van der Waals surface area contributed by atoms with Crippen LogP contribution in [0.25, 0.3) is 0 Å². The van der Waals surface area contributed by atoms with Crippen molar-refractivity contribution in [3.63, 3.8) is 0 Å². The summed E-state index contributed by atoms with van der Waals surface area (Å²) >= 11 is 0. The molecule has 5 N–H and O–H groups in total. The van der Waals surface area contributed by atoms with E-state index in [4.69, 9.17) is 5.73 Å². The highest BCUT2D eigenvalue weighted by molar-refractivity contribution is 6.01. The van der Waals surface area contributed by atoms with Crippen molar-refractivity contribution in [2.75, 3.05) is 36.4 Å². The highest BCUT2D eigenvalue weighted by atomic mass is 19.1. The van der Waals surface area contributed by atoms with Crippen molar-refractivity contribution in [1.82, 2.24) is 10.6 Å². The number of halogens is 1. The molecule has 1 aromatic rings. The number of nitrogens with zero attached hydrogens (tertiary/aromatic N) is 1. The van der Waals surface area contributed by atoms with Crippen LogP contribution in [-0.2, 0) is 9.59 Å². The molecule has 2 heterocycles. The van der Waals surface area contributed by atoms with E-state index in [1.54, 1.807) is 12.1 Å². The number of amides is 2. The number of hydrogen-bond acceptors (Lipinski definition) is 6. The summed E-state index contributed by atoms with van der Waals surface area (Å²) in [4.78, 5) is 24.8. The summed E-state index contributed by atoms with van der Waals surface area (Å²) in [6.07, 6.45) is 7.38. The van der Waals surface area contributed by atoms with Gasteiger partial charge in [0.05, 0.1) is 5.69 Å². The lowest BCUT2D eigenvalue weighted by atomic mass is 9.97. The molecule has 31 heavy (non-hydrogen) atoms. The van der Waals surface area contributed by atoms with E-state index in [1.807, 2.05) is 18.7 Å². The number of hydrogen-bond donors (Lipinski definition) is 4. The van der Waals surface area contributed by atoms with Gasteiger partial charge in [0.2, 0.25) is 11.8 Å². The quantitative estimate of drug-likeness (QED) is 0.545. The van der Waals surface area contributed by atoms with Gasteiger partial charge in [0, 0.05) is 44.3 Å². The fourth-order valence-corrected chi connectivity index (χ4v) is 3.93. The lowest BCUT2D eigenvalue weighted by Gasteiger charge is -2.30. The maximum atomic E-state index is 14.3. The number of imide groups is 1. The molecule has 7 nitrogen and oxygen atoms in total. The van der Waals surface area contributed by atoms with Gasteiger partial charge in [0.1, 0.15) is 11.9 Å². The SMILES string of the molecule is CC.NC1CCCCC1.O=C1CCC(Nc2ccc(N3CCNCC3)c(F)c2)C(=O)N1. The third kappa shape index (κ3) is 8.10. The number of benzene rings is 1. The molecule has 8 heteroatoms. The van der Waals surface area contributed by atoms with Crippen LogP contribution in [0.15, 0.2) is 18.2 Å². The minimum Gasteiger partial charge on any atom is -0.374 e. The second-order valence-electron chi connectivity index (χ2n) is 7.95. The summed E-state index contributed by atoms with van der Waals surface area (Å²) in [5, 5.41) is 8.49. The van der Waals surface area contributed by atoms with Gasteiger partial charge >= 0.3 is 0 Å². The van der Waals surface area contributed by atoms with Crippen molar-refractivity contribution in [3.05, 3.63) is 24.0 Å². The molecule has 0 radical (unpaired) electrons. The molecule has 3 fully saturated rings. The number of anilines is 2. The van der Waals surface area contributed by atoms with Crippen LogP contribution in [0.1, 0.15) is 58.8 Å². The molecule has 1 unspecified atom stereocenters. The lowest BCUT2D eigenvalue weighted by Crippen LogP contribution is -2.47. The first-order valence-corrected chi connectivity index (χ1v) is 11.6. The molecule has 3 aliphatic rings. The summed E-state index contributed by atoms with van der Waals surface area (Å²) < 4.78 is 14.3. The van der Waals surface area contributed by atoms with Crippen molar-refractivity contribution >= 4 is 23.2 Å². The molecular weight excluding hydrogens is 397 g/mol. The minimum absolute atomic E-state index is 0.261. The van der Waals surface area contributed by atoms with Crippen molar-refractivity contribution in [1.29, 1.82) is 0 Å². The molecule has 0 spiro atoms. The third-order valence-electron chi connectivity index (χ3n) is 5.64. The summed E-state index contributed by atoms with van der Waals surface area (Å²) in [6, 6.07) is 4.94. The molecule has 2 amide bonds. The molecule has 1 aromatic carbocycles. The zero-order chi connectivity index (χ0) is 22.6. The largest absolute Gasteiger partial charge is 0.374 e. The number of rotatable bonds is 3. The van der Waals surface area contributed by atoms with Crippen molar-refractivity contribution in [3.8, 4) is 0 Å². The Morgan fingerprint density at radius 3 is 2.29 bits per heavy atom. The van der Waals surface area contributed by atoms with Crippen molar-refractivity contribution < 1.29 is 14.0 Å². The molecule has 1 aliphatic carbocycles. The first-order valence-electron chi connectivity index (χ1n) is 11.6. The van der Waals surface area contributed by atoms with E-state index in [-0.39, 0.29) is 17.6 Å². The Bertz CT molecular complexity index is 703. The second kappa shape index (κ2) is 13.3. The van der Waals surface area contributed by atoms with Crippen LogP contribution in [0.2, 0.25) is 0 Å². The third-order valence-corrected chi connectivity index (χ3v) is 5.64. The first kappa shape index (κ1) is 25.1. The van der Waals surface area contributed by atoms with Gasteiger partial charge in [-0.15, -0.1) is 0 Å². The Kier molecular flexibility index (Phi) is 10.7. The van der Waals surface area contributed by atoms with E-state index in [0.29, 0.717) is 30.3 Å². The van der Waals surface area contributed by atoms with Crippen molar-refractivity contribution in [2.24, 2.45) is 5.73 Å². The molecule has 0 bridgehead atoms. The smallest absolute Gasteiger partial charge is 0.249 e. The van der Waals surface area contributed by atoms with Crippen LogP contribution in [0.5, 0.6) is 0 Å². The van der Waals surface area contributed by atoms with Gasteiger partial charge in [-0.25, -0.2) is 4.39 Å². The Balaban J connectivity index is 0.000000319. The zero-order valence-electron chi connectivity index (χ0n) is 18.9. The van der Waals surface area contributed by atoms with E-state index < -0.39 is 6.04 Å². The monoisotopic (exact) mass is 435 g/mol. The topological polar surface area (TPSA) is 99.5 Å². The van der Waals surface area contributed by atoms with Crippen LogP contribution in [0.3, 0.4) is 0 Å². The molecule has 4 rings (SSSR count). The number of carbonyl (C=O) groups is 2. The van der Waals surface area contributed by atoms with E-state index in [9.17, 15) is 14.0 Å². The summed E-state index contributed by atoms with van der Waals surface area (Å²) in [7, 11) is 0. The lowest BCUT2D eigenvalue weighted by molar-refractivity contribution is -0.133. The van der Waals surface area contributed by atoms with E-state index in [0.717, 1.165) is 26.2 Å². The van der Waals surface area contributed by atoms with Crippen LogP contribution in [0, 0.1) is 5.82 Å². The van der Waals surface area contributed by atoms with E-state index in [2.05, 4.69) is 16.0 Å². The fourth-order valence-electron chi connectivity index (χ4n) is 3.93. The average molecular weight is 436 g/mol.